The first-order chi connectivity index (χ1) is 9.13. The Morgan fingerprint density at radius 3 is 2.79 bits per heavy atom. The summed E-state index contributed by atoms with van der Waals surface area (Å²) in [6.45, 7) is 7.72. The molecule has 0 aliphatic carbocycles. The summed E-state index contributed by atoms with van der Waals surface area (Å²) in [5, 5.41) is 8.93. The van der Waals surface area contributed by atoms with Gasteiger partial charge in [0.25, 0.3) is 0 Å². The number of nitrogens with one attached hydrogen (secondary N) is 1. The van der Waals surface area contributed by atoms with Crippen LogP contribution in [0.2, 0.25) is 0 Å². The molecule has 104 valence electrons. The lowest BCUT2D eigenvalue weighted by Gasteiger charge is -2.22. The highest BCUT2D eigenvalue weighted by molar-refractivity contribution is 5.76. The van der Waals surface area contributed by atoms with Crippen molar-refractivity contribution >= 4 is 11.0 Å². The van der Waals surface area contributed by atoms with Gasteiger partial charge in [-0.15, -0.1) is 0 Å². The number of rotatable bonds is 6. The molecule has 0 saturated carbocycles. The third kappa shape index (κ3) is 3.10. The van der Waals surface area contributed by atoms with Gasteiger partial charge in [0.05, 0.1) is 17.3 Å². The summed E-state index contributed by atoms with van der Waals surface area (Å²) in [6.07, 6.45) is 5.57. The van der Waals surface area contributed by atoms with Crippen LogP contribution in [0.4, 0.5) is 0 Å². The fourth-order valence-corrected chi connectivity index (χ4v) is 2.25. The first kappa shape index (κ1) is 13.9. The van der Waals surface area contributed by atoms with E-state index >= 15 is 0 Å². The highest BCUT2D eigenvalue weighted by Gasteiger charge is 2.16. The Bertz CT molecular complexity index is 532. The number of hydrogen-bond acceptors (Lipinski definition) is 4. The molecule has 0 spiro atoms. The molecule has 0 radical (unpaired) electrons. The molecule has 2 aromatic heterocycles. The molecule has 0 aromatic carbocycles. The van der Waals surface area contributed by atoms with Crippen LogP contribution in [0.3, 0.4) is 0 Å². The molecule has 1 atom stereocenters. The largest absolute Gasteiger partial charge is 0.313 e. The first-order valence-electron chi connectivity index (χ1n) is 6.98. The van der Waals surface area contributed by atoms with Crippen molar-refractivity contribution in [1.82, 2.24) is 25.1 Å². The fourth-order valence-electron chi connectivity index (χ4n) is 2.25. The average molecular weight is 261 g/mol. The van der Waals surface area contributed by atoms with Gasteiger partial charge >= 0.3 is 0 Å². The summed E-state index contributed by atoms with van der Waals surface area (Å²) in [6, 6.07) is 0.443. The summed E-state index contributed by atoms with van der Waals surface area (Å²) >= 11 is 0. The maximum absolute atomic E-state index is 4.45. The molecule has 1 unspecified atom stereocenters. The Balaban J connectivity index is 2.23. The fraction of sp³-hybridized carbons (Fsp3) is 0.643. The van der Waals surface area contributed by atoms with Crippen molar-refractivity contribution in [3.63, 3.8) is 0 Å². The van der Waals surface area contributed by atoms with Crippen LogP contribution in [0.25, 0.3) is 11.0 Å². The molecule has 19 heavy (non-hydrogen) atoms. The minimum Gasteiger partial charge on any atom is -0.313 e. The van der Waals surface area contributed by atoms with Gasteiger partial charge in [-0.1, -0.05) is 20.8 Å². The van der Waals surface area contributed by atoms with E-state index < -0.39 is 0 Å². The second-order valence-corrected chi connectivity index (χ2v) is 5.33. The van der Waals surface area contributed by atoms with E-state index in [0.29, 0.717) is 12.0 Å². The zero-order chi connectivity index (χ0) is 13.8. The monoisotopic (exact) mass is 261 g/mol. The molecular weight excluding hydrogens is 238 g/mol. The van der Waals surface area contributed by atoms with Gasteiger partial charge in [-0.05, 0) is 18.9 Å². The van der Waals surface area contributed by atoms with E-state index in [1.165, 1.54) is 0 Å². The highest BCUT2D eigenvalue weighted by atomic mass is 15.3. The lowest BCUT2D eigenvalue weighted by atomic mass is 9.98. The van der Waals surface area contributed by atoms with E-state index in [0.717, 1.165) is 36.1 Å². The smallest absolute Gasteiger partial charge is 0.161 e. The van der Waals surface area contributed by atoms with Crippen molar-refractivity contribution in [2.24, 2.45) is 13.0 Å². The Morgan fingerprint density at radius 2 is 2.11 bits per heavy atom. The molecule has 0 bridgehead atoms. The maximum atomic E-state index is 4.45. The molecule has 1 N–H and O–H groups in total. The second kappa shape index (κ2) is 6.10. The molecule has 0 aliphatic heterocycles. The summed E-state index contributed by atoms with van der Waals surface area (Å²) < 4.78 is 1.80. The number of aryl methyl sites for hydroxylation is 1. The molecule has 5 heteroatoms. The summed E-state index contributed by atoms with van der Waals surface area (Å²) in [5.74, 6) is 0.577. The van der Waals surface area contributed by atoms with Gasteiger partial charge in [0, 0.05) is 19.5 Å². The average Bonchev–Trinajstić information content (AvgIpc) is 2.77. The van der Waals surface area contributed by atoms with Crippen LogP contribution in [0.1, 0.15) is 32.9 Å². The summed E-state index contributed by atoms with van der Waals surface area (Å²) in [7, 11) is 1.91. The molecule has 0 amide bonds. The van der Waals surface area contributed by atoms with Crippen LogP contribution in [-0.4, -0.2) is 32.3 Å². The minimum absolute atomic E-state index is 0.443. The predicted octanol–water partition coefficient (Wildman–Crippen LogP) is 1.93. The standard InChI is InChI=1S/C14H23N5/c1-5-6-15-12(10(2)3)7-13-11-8-18-19(4)14(11)17-9-16-13/h8-10,12,15H,5-7H2,1-4H3. The SMILES string of the molecule is CCCNC(Cc1ncnc2c1cnn2C)C(C)C. The molecule has 2 aromatic rings. The molecular formula is C14H23N5. The van der Waals surface area contributed by atoms with Crippen molar-refractivity contribution in [2.45, 2.75) is 39.7 Å². The number of fused-ring (bicyclic) bond motifs is 1. The van der Waals surface area contributed by atoms with E-state index in [4.69, 9.17) is 0 Å². The summed E-state index contributed by atoms with van der Waals surface area (Å²) in [5.41, 5.74) is 1.99. The Morgan fingerprint density at radius 1 is 1.32 bits per heavy atom. The van der Waals surface area contributed by atoms with E-state index in [-0.39, 0.29) is 0 Å². The zero-order valence-electron chi connectivity index (χ0n) is 12.2. The minimum atomic E-state index is 0.443. The lowest BCUT2D eigenvalue weighted by molar-refractivity contribution is 0.395. The van der Waals surface area contributed by atoms with E-state index in [9.17, 15) is 0 Å². The van der Waals surface area contributed by atoms with Gasteiger partial charge in [0.15, 0.2) is 5.65 Å². The van der Waals surface area contributed by atoms with Gasteiger partial charge < -0.3 is 5.32 Å². The van der Waals surface area contributed by atoms with Crippen molar-refractivity contribution in [2.75, 3.05) is 6.54 Å². The quantitative estimate of drug-likeness (QED) is 0.863. The Kier molecular flexibility index (Phi) is 4.47. The van der Waals surface area contributed by atoms with Crippen molar-refractivity contribution in [3.05, 3.63) is 18.2 Å². The van der Waals surface area contributed by atoms with Crippen LogP contribution in [-0.2, 0) is 13.5 Å². The molecule has 2 heterocycles. The van der Waals surface area contributed by atoms with Crippen molar-refractivity contribution < 1.29 is 0 Å². The van der Waals surface area contributed by atoms with E-state index in [1.807, 2.05) is 13.2 Å². The van der Waals surface area contributed by atoms with Gasteiger partial charge in [-0.2, -0.15) is 5.10 Å². The van der Waals surface area contributed by atoms with Crippen molar-refractivity contribution in [1.29, 1.82) is 0 Å². The molecule has 0 fully saturated rings. The van der Waals surface area contributed by atoms with Crippen LogP contribution >= 0.6 is 0 Å². The van der Waals surface area contributed by atoms with Gasteiger partial charge in [0.2, 0.25) is 0 Å². The molecule has 2 rings (SSSR count). The van der Waals surface area contributed by atoms with Gasteiger partial charge in [-0.3, -0.25) is 4.68 Å². The van der Waals surface area contributed by atoms with Gasteiger partial charge in [-0.25, -0.2) is 9.97 Å². The third-order valence-electron chi connectivity index (χ3n) is 3.49. The third-order valence-corrected chi connectivity index (χ3v) is 3.49. The topological polar surface area (TPSA) is 55.6 Å². The lowest BCUT2D eigenvalue weighted by Crippen LogP contribution is -2.36. The molecule has 5 nitrogen and oxygen atoms in total. The van der Waals surface area contributed by atoms with Crippen LogP contribution < -0.4 is 5.32 Å². The van der Waals surface area contributed by atoms with Crippen LogP contribution in [0, 0.1) is 5.92 Å². The van der Waals surface area contributed by atoms with E-state index in [1.54, 1.807) is 11.0 Å². The Hall–Kier alpha value is -1.49. The highest BCUT2D eigenvalue weighted by Crippen LogP contribution is 2.17. The van der Waals surface area contributed by atoms with Gasteiger partial charge in [0.1, 0.15) is 6.33 Å². The predicted molar refractivity (Wildman–Crippen MR) is 76.9 cm³/mol. The first-order valence-corrected chi connectivity index (χ1v) is 6.98. The maximum Gasteiger partial charge on any atom is 0.161 e. The van der Waals surface area contributed by atoms with Crippen LogP contribution in [0.15, 0.2) is 12.5 Å². The van der Waals surface area contributed by atoms with Crippen molar-refractivity contribution in [3.8, 4) is 0 Å². The normalized spacial score (nSPS) is 13.3. The second-order valence-electron chi connectivity index (χ2n) is 5.33. The molecule has 0 aliphatic rings. The van der Waals surface area contributed by atoms with Crippen LogP contribution in [0.5, 0.6) is 0 Å². The molecule has 0 saturated heterocycles. The Labute approximate surface area is 114 Å². The number of hydrogen-bond donors (Lipinski definition) is 1. The van der Waals surface area contributed by atoms with E-state index in [2.05, 4.69) is 41.2 Å². The zero-order valence-corrected chi connectivity index (χ0v) is 12.2. The number of nitrogens with zero attached hydrogens (tertiary/aromatic N) is 4. The number of aromatic nitrogens is 4. The summed E-state index contributed by atoms with van der Waals surface area (Å²) in [4.78, 5) is 8.73.